The summed E-state index contributed by atoms with van der Waals surface area (Å²) in [5.74, 6) is 0.0160. The zero-order valence-electron chi connectivity index (χ0n) is 12.1. The molecule has 5 heteroatoms. The van der Waals surface area contributed by atoms with E-state index in [1.807, 2.05) is 12.1 Å². The molecule has 1 aliphatic carbocycles. The van der Waals surface area contributed by atoms with Gasteiger partial charge in [-0.25, -0.2) is 4.79 Å². The molecule has 0 aromatic heterocycles. The van der Waals surface area contributed by atoms with Gasteiger partial charge in [0.15, 0.2) is 0 Å². The first-order valence-corrected chi connectivity index (χ1v) is 7.71. The third-order valence-electron chi connectivity index (χ3n) is 3.78. The van der Waals surface area contributed by atoms with Crippen LogP contribution in [-0.4, -0.2) is 18.5 Å². The summed E-state index contributed by atoms with van der Waals surface area (Å²) in [5.41, 5.74) is 0.882. The highest BCUT2D eigenvalue weighted by molar-refractivity contribution is 6.30. The predicted octanol–water partition coefficient (Wildman–Crippen LogP) is 3.89. The van der Waals surface area contributed by atoms with Crippen LogP contribution in [0.2, 0.25) is 5.02 Å². The summed E-state index contributed by atoms with van der Waals surface area (Å²) >= 11 is 5.91. The van der Waals surface area contributed by atoms with Crippen molar-refractivity contribution in [3.8, 4) is 0 Å². The van der Waals surface area contributed by atoms with E-state index in [1.54, 1.807) is 19.1 Å². The maximum Gasteiger partial charge on any atom is 0.407 e. The molecule has 1 amide bonds. The van der Waals surface area contributed by atoms with Gasteiger partial charge in [0, 0.05) is 17.4 Å². The second-order valence-corrected chi connectivity index (χ2v) is 5.65. The average molecular weight is 310 g/mol. The quantitative estimate of drug-likeness (QED) is 0.918. The highest BCUT2D eigenvalue weighted by Crippen LogP contribution is 2.32. The smallest absolute Gasteiger partial charge is 0.407 e. The number of hydrogen-bond acceptors (Lipinski definition) is 3. The van der Waals surface area contributed by atoms with Crippen molar-refractivity contribution in [2.24, 2.45) is 5.92 Å². The van der Waals surface area contributed by atoms with E-state index in [0.29, 0.717) is 18.1 Å². The molecule has 0 unspecified atom stereocenters. The monoisotopic (exact) mass is 309 g/mol. The molecule has 0 radical (unpaired) electrons. The van der Waals surface area contributed by atoms with E-state index in [0.717, 1.165) is 24.8 Å². The highest BCUT2D eigenvalue weighted by atomic mass is 35.5. The number of ether oxygens (including phenoxy) is 1. The molecule has 1 N–H and O–H groups in total. The minimum Gasteiger partial charge on any atom is -0.450 e. The van der Waals surface area contributed by atoms with Crippen molar-refractivity contribution in [1.29, 1.82) is 0 Å². The van der Waals surface area contributed by atoms with Crippen molar-refractivity contribution < 1.29 is 14.3 Å². The van der Waals surface area contributed by atoms with Crippen LogP contribution in [0.1, 0.15) is 44.2 Å². The number of hydrogen-bond donors (Lipinski definition) is 1. The fourth-order valence-corrected chi connectivity index (χ4v) is 2.87. The molecule has 4 nitrogen and oxygen atoms in total. The van der Waals surface area contributed by atoms with Gasteiger partial charge >= 0.3 is 6.09 Å². The average Bonchev–Trinajstić information content (AvgIpc) is 2.47. The van der Waals surface area contributed by atoms with Gasteiger partial charge in [0.25, 0.3) is 0 Å². The fraction of sp³-hybridized carbons (Fsp3) is 0.500. The largest absolute Gasteiger partial charge is 0.450 e. The van der Waals surface area contributed by atoms with Gasteiger partial charge in [0.05, 0.1) is 12.6 Å². The molecule has 1 aliphatic rings. The van der Waals surface area contributed by atoms with Crippen LogP contribution >= 0.6 is 11.6 Å². The van der Waals surface area contributed by atoms with Gasteiger partial charge in [-0.3, -0.25) is 4.79 Å². The molecule has 1 aromatic rings. The van der Waals surface area contributed by atoms with E-state index in [4.69, 9.17) is 16.3 Å². The van der Waals surface area contributed by atoms with Crippen molar-refractivity contribution >= 4 is 23.5 Å². The Kier molecular flexibility index (Phi) is 5.62. The van der Waals surface area contributed by atoms with Gasteiger partial charge < -0.3 is 10.1 Å². The van der Waals surface area contributed by atoms with Crippen LogP contribution in [0.5, 0.6) is 0 Å². The lowest BCUT2D eigenvalue weighted by atomic mass is 9.80. The predicted molar refractivity (Wildman–Crippen MR) is 81.3 cm³/mol. The summed E-state index contributed by atoms with van der Waals surface area (Å²) in [6.07, 6.45) is 2.82. The Hall–Kier alpha value is -1.55. The van der Waals surface area contributed by atoms with Crippen LogP contribution in [0.4, 0.5) is 4.79 Å². The Balaban J connectivity index is 2.22. The highest BCUT2D eigenvalue weighted by Gasteiger charge is 2.32. The molecule has 0 aliphatic heterocycles. The first-order chi connectivity index (χ1) is 10.1. The summed E-state index contributed by atoms with van der Waals surface area (Å²) in [6, 6.07) is 6.88. The Labute approximate surface area is 129 Å². The molecule has 0 bridgehead atoms. The van der Waals surface area contributed by atoms with Gasteiger partial charge in [0.1, 0.15) is 5.78 Å². The number of carbonyl (C=O) groups excluding carboxylic acids is 2. The Morgan fingerprint density at radius 1 is 1.38 bits per heavy atom. The summed E-state index contributed by atoms with van der Waals surface area (Å²) < 4.78 is 4.96. The molecular weight excluding hydrogens is 290 g/mol. The maximum atomic E-state index is 12.2. The minimum atomic E-state index is -0.490. The number of halogens is 1. The first-order valence-electron chi connectivity index (χ1n) is 7.33. The second kappa shape index (κ2) is 7.46. The summed E-state index contributed by atoms with van der Waals surface area (Å²) in [5, 5.41) is 3.46. The topological polar surface area (TPSA) is 55.4 Å². The molecule has 2 atom stereocenters. The minimum absolute atomic E-state index is 0.190. The van der Waals surface area contributed by atoms with Crippen molar-refractivity contribution in [3.63, 3.8) is 0 Å². The first kappa shape index (κ1) is 15.8. The van der Waals surface area contributed by atoms with Crippen molar-refractivity contribution in [2.45, 2.75) is 38.6 Å². The third-order valence-corrected chi connectivity index (χ3v) is 4.03. The molecule has 0 spiro atoms. The Morgan fingerprint density at radius 2 is 2.10 bits per heavy atom. The number of alkyl carbamates (subject to hydrolysis) is 1. The number of amides is 1. The number of Topliss-reactive ketones (excluding diaryl/α,β-unsaturated/α-hetero) is 1. The molecule has 2 rings (SSSR count). The number of nitrogens with one attached hydrogen (secondary N) is 1. The van der Waals surface area contributed by atoms with Gasteiger partial charge in [-0.15, -0.1) is 0 Å². The van der Waals surface area contributed by atoms with Gasteiger partial charge in [-0.1, -0.05) is 30.2 Å². The van der Waals surface area contributed by atoms with E-state index >= 15 is 0 Å². The van der Waals surface area contributed by atoms with E-state index in [-0.39, 0.29) is 17.7 Å². The van der Waals surface area contributed by atoms with Crippen molar-refractivity contribution in [2.75, 3.05) is 6.61 Å². The fourth-order valence-electron chi connectivity index (χ4n) is 2.75. The Bertz CT molecular complexity index is 501. The molecule has 1 fully saturated rings. The van der Waals surface area contributed by atoms with Crippen LogP contribution in [0.15, 0.2) is 24.3 Å². The van der Waals surface area contributed by atoms with E-state index in [2.05, 4.69) is 5.32 Å². The lowest BCUT2D eigenvalue weighted by Gasteiger charge is -2.30. The van der Waals surface area contributed by atoms with Crippen LogP contribution in [0.25, 0.3) is 0 Å². The number of ketones is 1. The number of rotatable bonds is 4. The number of benzene rings is 1. The van der Waals surface area contributed by atoms with Crippen molar-refractivity contribution in [3.05, 3.63) is 34.9 Å². The van der Waals surface area contributed by atoms with E-state index in [1.165, 1.54) is 0 Å². The zero-order valence-corrected chi connectivity index (χ0v) is 12.9. The third kappa shape index (κ3) is 4.21. The summed E-state index contributed by atoms with van der Waals surface area (Å²) in [7, 11) is 0. The van der Waals surface area contributed by atoms with Gasteiger partial charge in [-0.2, -0.15) is 0 Å². The second-order valence-electron chi connectivity index (χ2n) is 5.21. The summed E-state index contributed by atoms with van der Waals surface area (Å²) in [6.45, 7) is 2.06. The SMILES string of the molecule is CCOC(=O)N[C@@H](c1ccc(Cl)cc1)[C@@H]1CCCCC1=O. The van der Waals surface area contributed by atoms with Crippen LogP contribution in [0.3, 0.4) is 0 Å². The van der Waals surface area contributed by atoms with Crippen LogP contribution < -0.4 is 5.32 Å². The molecular formula is C16H20ClNO3. The van der Waals surface area contributed by atoms with Gasteiger partial charge in [0.2, 0.25) is 0 Å². The normalized spacial score (nSPS) is 19.9. The molecule has 0 saturated heterocycles. The van der Waals surface area contributed by atoms with E-state index in [9.17, 15) is 9.59 Å². The Morgan fingerprint density at radius 3 is 2.71 bits per heavy atom. The lowest BCUT2D eigenvalue weighted by Crippen LogP contribution is -2.38. The van der Waals surface area contributed by atoms with Crippen LogP contribution in [-0.2, 0) is 9.53 Å². The summed E-state index contributed by atoms with van der Waals surface area (Å²) in [4.78, 5) is 24.0. The molecule has 1 saturated carbocycles. The lowest BCUT2D eigenvalue weighted by molar-refractivity contribution is -0.125. The number of carbonyl (C=O) groups is 2. The molecule has 21 heavy (non-hydrogen) atoms. The molecule has 1 aromatic carbocycles. The maximum absolute atomic E-state index is 12.2. The van der Waals surface area contributed by atoms with E-state index < -0.39 is 6.09 Å². The molecule has 0 heterocycles. The standard InChI is InChI=1S/C16H20ClNO3/c1-2-21-16(20)18-15(11-7-9-12(17)10-8-11)13-5-3-4-6-14(13)19/h7-10,13,15H,2-6H2,1H3,(H,18,20)/t13-,15+/m1/s1. The zero-order chi connectivity index (χ0) is 15.2. The van der Waals surface area contributed by atoms with Gasteiger partial charge in [-0.05, 0) is 37.5 Å². The van der Waals surface area contributed by atoms with Crippen LogP contribution in [0, 0.1) is 5.92 Å². The molecule has 114 valence electrons. The van der Waals surface area contributed by atoms with Crippen molar-refractivity contribution in [1.82, 2.24) is 5.32 Å².